The molecule has 1 rings (SSSR count). The molecule has 2 nitrogen and oxygen atoms in total. The number of nitrogens with zero attached hydrogens (tertiary/aromatic N) is 1. The van der Waals surface area contributed by atoms with Gasteiger partial charge in [-0.2, -0.15) is 0 Å². The summed E-state index contributed by atoms with van der Waals surface area (Å²) in [5, 5.41) is 0.513. The van der Waals surface area contributed by atoms with E-state index < -0.39 is 0 Å². The zero-order valence-corrected chi connectivity index (χ0v) is 7.32. The van der Waals surface area contributed by atoms with Crippen molar-refractivity contribution in [2.45, 2.75) is 25.8 Å². The number of hydrogen-bond donors (Lipinski definition) is 1. The van der Waals surface area contributed by atoms with Gasteiger partial charge in [0.1, 0.15) is 0 Å². The van der Waals surface area contributed by atoms with E-state index in [1.165, 1.54) is 12.8 Å². The first-order valence-electron chi connectivity index (χ1n) is 3.65. The molecule has 1 saturated carbocycles. The Labute approximate surface area is 67.4 Å². The molecule has 58 valence electrons. The largest absolute Gasteiger partial charge is 0.376 e. The van der Waals surface area contributed by atoms with Gasteiger partial charge in [-0.25, -0.2) is 0 Å². The van der Waals surface area contributed by atoms with E-state index in [0.717, 1.165) is 5.92 Å². The third-order valence-electron chi connectivity index (χ3n) is 2.26. The Morgan fingerprint density at radius 3 is 2.50 bits per heavy atom. The average molecular weight is 158 g/mol. The molecule has 2 N–H and O–H groups in total. The minimum Gasteiger partial charge on any atom is -0.376 e. The number of hydrogen-bond acceptors (Lipinski definition) is 1. The molecule has 1 atom stereocenters. The Morgan fingerprint density at radius 2 is 2.20 bits per heavy atom. The maximum atomic E-state index is 5.46. The highest BCUT2D eigenvalue weighted by Gasteiger charge is 2.30. The highest BCUT2D eigenvalue weighted by atomic mass is 32.1. The first kappa shape index (κ1) is 7.79. The van der Waals surface area contributed by atoms with Gasteiger partial charge in [-0.15, -0.1) is 0 Å². The van der Waals surface area contributed by atoms with Gasteiger partial charge >= 0.3 is 0 Å². The van der Waals surface area contributed by atoms with Crippen molar-refractivity contribution in [2.75, 3.05) is 7.05 Å². The maximum Gasteiger partial charge on any atom is 0.166 e. The normalized spacial score (nSPS) is 20.2. The predicted molar refractivity (Wildman–Crippen MR) is 46.7 cm³/mol. The Kier molecular flexibility index (Phi) is 2.14. The first-order valence-corrected chi connectivity index (χ1v) is 4.06. The van der Waals surface area contributed by atoms with E-state index in [-0.39, 0.29) is 0 Å². The van der Waals surface area contributed by atoms with Crippen molar-refractivity contribution >= 4 is 17.3 Å². The molecule has 10 heavy (non-hydrogen) atoms. The van der Waals surface area contributed by atoms with E-state index in [4.69, 9.17) is 18.0 Å². The molecule has 0 aromatic carbocycles. The van der Waals surface area contributed by atoms with Gasteiger partial charge in [0, 0.05) is 13.1 Å². The third-order valence-corrected chi connectivity index (χ3v) is 2.55. The fourth-order valence-corrected chi connectivity index (χ4v) is 1.26. The van der Waals surface area contributed by atoms with Crippen LogP contribution in [0.1, 0.15) is 19.8 Å². The molecule has 1 aliphatic rings. The summed E-state index contributed by atoms with van der Waals surface area (Å²) in [5.74, 6) is 0.839. The maximum absolute atomic E-state index is 5.46. The van der Waals surface area contributed by atoms with Gasteiger partial charge in [0.15, 0.2) is 5.11 Å². The van der Waals surface area contributed by atoms with Crippen LogP contribution in [0.4, 0.5) is 0 Å². The van der Waals surface area contributed by atoms with Gasteiger partial charge in [0.25, 0.3) is 0 Å². The zero-order valence-electron chi connectivity index (χ0n) is 6.50. The molecule has 0 aromatic rings. The molecule has 0 bridgehead atoms. The average Bonchev–Trinajstić information content (AvgIpc) is 2.65. The SMILES string of the molecule is CC(C1CC1)N(C)C(N)=S. The van der Waals surface area contributed by atoms with Gasteiger partial charge in [0.05, 0.1) is 0 Å². The molecule has 0 aromatic heterocycles. The van der Waals surface area contributed by atoms with Crippen LogP contribution >= 0.6 is 12.2 Å². The Hall–Kier alpha value is -0.310. The van der Waals surface area contributed by atoms with Crippen molar-refractivity contribution in [1.82, 2.24) is 4.90 Å². The Balaban J connectivity index is 2.38. The lowest BCUT2D eigenvalue weighted by Crippen LogP contribution is -2.39. The third kappa shape index (κ3) is 1.59. The van der Waals surface area contributed by atoms with Gasteiger partial charge in [-0.1, -0.05) is 0 Å². The predicted octanol–water partition coefficient (Wildman–Crippen LogP) is 0.960. The molecule has 1 aliphatic carbocycles. The number of thiocarbonyl (C=S) groups is 1. The second kappa shape index (κ2) is 2.74. The van der Waals surface area contributed by atoms with Gasteiger partial charge < -0.3 is 10.6 Å². The summed E-state index contributed by atoms with van der Waals surface area (Å²) in [6.07, 6.45) is 2.68. The van der Waals surface area contributed by atoms with E-state index in [2.05, 4.69) is 6.92 Å². The number of rotatable bonds is 2. The molecular formula is C7H14N2S. The van der Waals surface area contributed by atoms with Crippen molar-refractivity contribution < 1.29 is 0 Å². The van der Waals surface area contributed by atoms with Gasteiger partial charge in [0.2, 0.25) is 0 Å². The summed E-state index contributed by atoms with van der Waals surface area (Å²) in [5.41, 5.74) is 5.46. The second-order valence-corrected chi connectivity index (χ2v) is 3.45. The molecule has 0 saturated heterocycles. The summed E-state index contributed by atoms with van der Waals surface area (Å²) >= 11 is 4.85. The molecule has 3 heteroatoms. The van der Waals surface area contributed by atoms with Crippen LogP contribution in [0.5, 0.6) is 0 Å². The minimum absolute atomic E-state index is 0.513. The molecule has 1 unspecified atom stereocenters. The van der Waals surface area contributed by atoms with Crippen LogP contribution in [0, 0.1) is 5.92 Å². The molecule has 0 amide bonds. The van der Waals surface area contributed by atoms with Crippen molar-refractivity contribution in [1.29, 1.82) is 0 Å². The highest BCUT2D eigenvalue weighted by Crippen LogP contribution is 2.34. The van der Waals surface area contributed by atoms with Gasteiger partial charge in [-0.05, 0) is 37.9 Å². The van der Waals surface area contributed by atoms with Crippen molar-refractivity contribution in [3.63, 3.8) is 0 Å². The summed E-state index contributed by atoms with van der Waals surface area (Å²) in [4.78, 5) is 1.98. The standard InChI is InChI=1S/C7H14N2S/c1-5(6-3-4-6)9(2)7(8)10/h5-6H,3-4H2,1-2H3,(H2,8,10). The van der Waals surface area contributed by atoms with Crippen molar-refractivity contribution in [2.24, 2.45) is 11.7 Å². The second-order valence-electron chi connectivity index (χ2n) is 3.03. The monoisotopic (exact) mass is 158 g/mol. The van der Waals surface area contributed by atoms with Crippen LogP contribution in [0.3, 0.4) is 0 Å². The van der Waals surface area contributed by atoms with E-state index in [9.17, 15) is 0 Å². The van der Waals surface area contributed by atoms with Crippen LogP contribution in [-0.2, 0) is 0 Å². The fourth-order valence-electron chi connectivity index (χ4n) is 1.10. The Morgan fingerprint density at radius 1 is 1.70 bits per heavy atom. The summed E-state index contributed by atoms with van der Waals surface area (Å²) in [6.45, 7) is 2.18. The smallest absolute Gasteiger partial charge is 0.166 e. The Bertz CT molecular complexity index is 143. The summed E-state index contributed by atoms with van der Waals surface area (Å²) < 4.78 is 0. The van der Waals surface area contributed by atoms with Crippen LogP contribution in [0.25, 0.3) is 0 Å². The first-order chi connectivity index (χ1) is 4.63. The van der Waals surface area contributed by atoms with E-state index in [1.54, 1.807) is 0 Å². The van der Waals surface area contributed by atoms with Crippen molar-refractivity contribution in [3.05, 3.63) is 0 Å². The lowest BCUT2D eigenvalue weighted by Gasteiger charge is -2.24. The van der Waals surface area contributed by atoms with E-state index >= 15 is 0 Å². The quantitative estimate of drug-likeness (QED) is 0.607. The van der Waals surface area contributed by atoms with Crippen molar-refractivity contribution in [3.8, 4) is 0 Å². The molecule has 0 aliphatic heterocycles. The molecular weight excluding hydrogens is 144 g/mol. The molecule has 0 heterocycles. The minimum atomic E-state index is 0.513. The molecule has 0 spiro atoms. The summed E-state index contributed by atoms with van der Waals surface area (Å²) in [7, 11) is 1.96. The fraction of sp³-hybridized carbons (Fsp3) is 0.857. The van der Waals surface area contributed by atoms with Gasteiger partial charge in [-0.3, -0.25) is 0 Å². The molecule has 1 fully saturated rings. The highest BCUT2D eigenvalue weighted by molar-refractivity contribution is 7.80. The van der Waals surface area contributed by atoms with Crippen LogP contribution in [-0.4, -0.2) is 23.1 Å². The number of nitrogens with two attached hydrogens (primary N) is 1. The van der Waals surface area contributed by atoms with Crippen LogP contribution in [0.15, 0.2) is 0 Å². The lowest BCUT2D eigenvalue weighted by atomic mass is 10.2. The van der Waals surface area contributed by atoms with E-state index in [0.29, 0.717) is 11.2 Å². The molecule has 0 radical (unpaired) electrons. The van der Waals surface area contributed by atoms with Crippen LogP contribution < -0.4 is 5.73 Å². The topological polar surface area (TPSA) is 29.3 Å². The lowest BCUT2D eigenvalue weighted by molar-refractivity contribution is 0.356. The zero-order chi connectivity index (χ0) is 7.72. The summed E-state index contributed by atoms with van der Waals surface area (Å²) in [6, 6.07) is 0.539. The van der Waals surface area contributed by atoms with Crippen LogP contribution in [0.2, 0.25) is 0 Å². The van der Waals surface area contributed by atoms with E-state index in [1.807, 2.05) is 11.9 Å².